The van der Waals surface area contributed by atoms with Crippen molar-refractivity contribution < 1.29 is 56.8 Å². The molecule has 248 valence electrons. The molecule has 0 radical (unpaired) electrons. The molecule has 0 aromatic heterocycles. The van der Waals surface area contributed by atoms with Crippen LogP contribution >= 0.6 is 11.6 Å². The minimum atomic E-state index is -6.42. The third-order valence-electron chi connectivity index (χ3n) is 8.41. The van der Waals surface area contributed by atoms with Crippen molar-refractivity contribution in [1.29, 1.82) is 0 Å². The van der Waals surface area contributed by atoms with Gasteiger partial charge in [-0.15, -0.1) is 0 Å². The van der Waals surface area contributed by atoms with Crippen LogP contribution in [0.5, 0.6) is 0 Å². The van der Waals surface area contributed by atoms with Crippen molar-refractivity contribution in [1.82, 2.24) is 4.90 Å². The number of aryl methyl sites for hydroxylation is 1. The first-order chi connectivity index (χ1) is 21.1. The van der Waals surface area contributed by atoms with Gasteiger partial charge in [0.05, 0.1) is 16.0 Å². The number of alkyl halides is 7. The third kappa shape index (κ3) is 5.06. The smallest absolute Gasteiger partial charge is 0.334 e. The highest BCUT2D eigenvalue weighted by molar-refractivity contribution is 7.92. The number of sulfonamides is 1. The number of fused-ring (bicyclic) bond motifs is 3. The van der Waals surface area contributed by atoms with E-state index < -0.39 is 82.2 Å². The molecule has 1 aliphatic heterocycles. The molecule has 1 saturated heterocycles. The average molecular weight is 717 g/mol. The van der Waals surface area contributed by atoms with Gasteiger partial charge >= 0.3 is 18.0 Å². The molecule has 0 unspecified atom stereocenters. The summed E-state index contributed by atoms with van der Waals surface area (Å²) in [7, 11) is -9.13. The first-order valence-corrected chi connectivity index (χ1v) is 16.6. The van der Waals surface area contributed by atoms with E-state index >= 15 is 0 Å². The van der Waals surface area contributed by atoms with E-state index in [0.717, 1.165) is 47.4 Å². The van der Waals surface area contributed by atoms with Crippen LogP contribution in [-0.4, -0.2) is 52.6 Å². The average Bonchev–Trinajstić information content (AvgIpc) is 3.36. The number of hydrogen-bond acceptors (Lipinski definition) is 5. The van der Waals surface area contributed by atoms with E-state index in [1.807, 2.05) is 0 Å². The first-order valence-electron chi connectivity index (χ1n) is 13.2. The molecular formula is C28H21ClF8N2O5S2. The van der Waals surface area contributed by atoms with Crippen molar-refractivity contribution in [3.8, 4) is 0 Å². The van der Waals surface area contributed by atoms with Gasteiger partial charge in [-0.2, -0.15) is 26.3 Å². The number of benzene rings is 3. The summed E-state index contributed by atoms with van der Waals surface area (Å²) >= 11 is 5.92. The normalized spacial score (nSPS) is 20.7. The molecule has 1 amide bonds. The zero-order valence-corrected chi connectivity index (χ0v) is 25.4. The van der Waals surface area contributed by atoms with Gasteiger partial charge in [0.25, 0.3) is 5.91 Å². The van der Waals surface area contributed by atoms with Crippen molar-refractivity contribution in [3.63, 3.8) is 0 Å². The second-order valence-electron chi connectivity index (χ2n) is 10.9. The number of carbonyl (C=O) groups excluding carboxylic acids is 1. The molecule has 2 aliphatic rings. The summed E-state index contributed by atoms with van der Waals surface area (Å²) in [6.07, 6.45) is -14.0. The van der Waals surface area contributed by atoms with Crippen LogP contribution in [0, 0.1) is 5.82 Å². The van der Waals surface area contributed by atoms with Gasteiger partial charge < -0.3 is 4.90 Å². The van der Waals surface area contributed by atoms with Crippen molar-refractivity contribution in [2.24, 2.45) is 5.14 Å². The molecule has 0 spiro atoms. The fourth-order valence-corrected chi connectivity index (χ4v) is 9.76. The van der Waals surface area contributed by atoms with Gasteiger partial charge in [-0.1, -0.05) is 29.8 Å². The van der Waals surface area contributed by atoms with Crippen molar-refractivity contribution in [2.45, 2.75) is 57.9 Å². The van der Waals surface area contributed by atoms with Crippen LogP contribution in [0.2, 0.25) is 5.02 Å². The number of carbonyl (C=O) groups is 1. The Hall–Kier alpha value is -3.28. The predicted octanol–water partition coefficient (Wildman–Crippen LogP) is 5.95. The number of nitrogens with zero attached hydrogens (tertiary/aromatic N) is 1. The number of sulfone groups is 1. The lowest BCUT2D eigenvalue weighted by atomic mass is 9.76. The van der Waals surface area contributed by atoms with Crippen LogP contribution in [0.3, 0.4) is 0 Å². The molecule has 1 heterocycles. The van der Waals surface area contributed by atoms with Gasteiger partial charge in [0.2, 0.25) is 10.0 Å². The van der Waals surface area contributed by atoms with Gasteiger partial charge in [0.1, 0.15) is 15.5 Å². The number of halogens is 9. The summed E-state index contributed by atoms with van der Waals surface area (Å²) in [4.78, 5) is 13.8. The Morgan fingerprint density at radius 1 is 0.891 bits per heavy atom. The van der Waals surface area contributed by atoms with Crippen LogP contribution in [0.1, 0.15) is 39.9 Å². The fraction of sp³-hybridized carbons (Fsp3) is 0.321. The number of amides is 1. The Balaban J connectivity index is 1.70. The van der Waals surface area contributed by atoms with E-state index in [0.29, 0.717) is 12.1 Å². The lowest BCUT2D eigenvalue weighted by Gasteiger charge is -2.43. The topological polar surface area (TPSA) is 115 Å². The number of likely N-dealkylation sites (tertiary alicyclic amines) is 1. The molecule has 46 heavy (non-hydrogen) atoms. The van der Waals surface area contributed by atoms with Crippen LogP contribution in [-0.2, 0) is 36.7 Å². The summed E-state index contributed by atoms with van der Waals surface area (Å²) in [5.74, 6) is -1.68. The minimum absolute atomic E-state index is 0.214. The summed E-state index contributed by atoms with van der Waals surface area (Å²) in [5.41, 5.74) is -8.43. The first kappa shape index (κ1) is 34.1. The van der Waals surface area contributed by atoms with Crippen molar-refractivity contribution in [3.05, 3.63) is 93.8 Å². The third-order valence-corrected chi connectivity index (χ3v) is 12.4. The second-order valence-corrected chi connectivity index (χ2v) is 15.0. The molecular weight excluding hydrogens is 696 g/mol. The minimum Gasteiger partial charge on any atom is -0.334 e. The zero-order chi connectivity index (χ0) is 34.3. The quantitative estimate of drug-likeness (QED) is 0.259. The van der Waals surface area contributed by atoms with Crippen LogP contribution < -0.4 is 5.14 Å². The van der Waals surface area contributed by atoms with Gasteiger partial charge in [0.15, 0.2) is 9.84 Å². The number of rotatable bonds is 5. The molecule has 5 rings (SSSR count). The molecule has 18 heteroatoms. The molecule has 2 N–H and O–H groups in total. The van der Waals surface area contributed by atoms with E-state index in [9.17, 15) is 56.8 Å². The van der Waals surface area contributed by atoms with Crippen molar-refractivity contribution >= 4 is 37.4 Å². The van der Waals surface area contributed by atoms with Crippen LogP contribution in [0.4, 0.5) is 35.1 Å². The summed E-state index contributed by atoms with van der Waals surface area (Å²) < 4.78 is 161. The maximum Gasteiger partial charge on any atom is 0.435 e. The highest BCUT2D eigenvalue weighted by Gasteiger charge is 2.74. The SMILES string of the molecule is NS(=O)(=O)c1cc(C(=O)N2CC[C@]3(S(=O)(=O)c4ccc(F)cc4)c4ccc(C(F)(C(F)(F)F)C(F)(F)F)cc4CC[C@H]23)ccc1Cl. The summed E-state index contributed by atoms with van der Waals surface area (Å²) in [6, 6.07) is 6.53. The highest BCUT2D eigenvalue weighted by Crippen LogP contribution is 2.57. The largest absolute Gasteiger partial charge is 0.435 e. The number of hydrogen-bond donors (Lipinski definition) is 1. The number of nitrogens with two attached hydrogens (primary N) is 1. The second kappa shape index (κ2) is 10.9. The van der Waals surface area contributed by atoms with E-state index in [1.165, 1.54) is 0 Å². The van der Waals surface area contributed by atoms with E-state index in [-0.39, 0.29) is 47.2 Å². The standard InChI is InChI=1S/C28H21ClF8N2O5S2/c29-21-9-1-16(14-22(21)46(38,43)44)24(40)39-12-11-25(45(41,42)19-6-4-18(30)5-7-19)20-8-3-17(13-15(20)2-10-23(25)39)26(31,27(32,33)34)28(35,36)37/h1,3-9,13-14,23H,2,10-12H2,(H2,38,43,44)/t23-,25-/m0/s1. The van der Waals surface area contributed by atoms with Crippen LogP contribution in [0.15, 0.2) is 70.5 Å². The Morgan fingerprint density at radius 3 is 2.07 bits per heavy atom. The number of primary sulfonamides is 1. The maximum absolute atomic E-state index is 15.0. The van der Waals surface area contributed by atoms with Gasteiger partial charge in [-0.3, -0.25) is 4.79 Å². The fourth-order valence-electron chi connectivity index (χ4n) is 6.32. The monoisotopic (exact) mass is 716 g/mol. The maximum atomic E-state index is 15.0. The van der Waals surface area contributed by atoms with Gasteiger partial charge in [0, 0.05) is 17.7 Å². The molecule has 3 aromatic rings. The van der Waals surface area contributed by atoms with E-state index in [4.69, 9.17) is 16.7 Å². The van der Waals surface area contributed by atoms with E-state index in [1.54, 1.807) is 0 Å². The van der Waals surface area contributed by atoms with Gasteiger partial charge in [-0.05, 0) is 72.9 Å². The Bertz CT molecular complexity index is 1940. The molecule has 1 fully saturated rings. The molecule has 7 nitrogen and oxygen atoms in total. The van der Waals surface area contributed by atoms with Crippen LogP contribution in [0.25, 0.3) is 0 Å². The van der Waals surface area contributed by atoms with Crippen molar-refractivity contribution in [2.75, 3.05) is 6.54 Å². The van der Waals surface area contributed by atoms with E-state index in [2.05, 4.69) is 0 Å². The predicted molar refractivity (Wildman–Crippen MR) is 147 cm³/mol. The molecule has 3 aromatic carbocycles. The molecule has 2 atom stereocenters. The highest BCUT2D eigenvalue weighted by atomic mass is 35.5. The Labute approximate surface area is 261 Å². The summed E-state index contributed by atoms with van der Waals surface area (Å²) in [5, 5.41) is 4.87. The Morgan fingerprint density at radius 2 is 1.50 bits per heavy atom. The molecule has 0 bridgehead atoms. The summed E-state index contributed by atoms with van der Waals surface area (Å²) in [6.45, 7) is -0.323. The zero-order valence-electron chi connectivity index (χ0n) is 23.0. The Kier molecular flexibility index (Phi) is 8.06. The molecule has 1 aliphatic carbocycles. The lowest BCUT2D eigenvalue weighted by molar-refractivity contribution is -0.348. The molecule has 0 saturated carbocycles. The lowest BCUT2D eigenvalue weighted by Crippen LogP contribution is -2.53. The van der Waals surface area contributed by atoms with Gasteiger partial charge in [-0.25, -0.2) is 30.8 Å².